The van der Waals surface area contributed by atoms with E-state index in [9.17, 15) is 0 Å². The van der Waals surface area contributed by atoms with E-state index in [1.165, 1.54) is 5.56 Å². The van der Waals surface area contributed by atoms with Crippen LogP contribution in [0.5, 0.6) is 0 Å². The molecule has 0 saturated carbocycles. The number of hydrogen-bond donors (Lipinski definition) is 0. The van der Waals surface area contributed by atoms with E-state index < -0.39 is 0 Å². The topological polar surface area (TPSA) is 52.1 Å². The van der Waals surface area contributed by atoms with Crippen LogP contribution in [0.2, 0.25) is 0 Å². The number of para-hydroxylation sites is 4. The van der Waals surface area contributed by atoms with Gasteiger partial charge in [-0.05, 0) is 88.8 Å². The van der Waals surface area contributed by atoms with Gasteiger partial charge < -0.3 is 8.83 Å². The van der Waals surface area contributed by atoms with Crippen molar-refractivity contribution in [3.63, 3.8) is 0 Å². The van der Waals surface area contributed by atoms with Crippen LogP contribution < -0.4 is 0 Å². The Balaban J connectivity index is 1.29. The van der Waals surface area contributed by atoms with Crippen molar-refractivity contribution in [3.05, 3.63) is 121 Å². The van der Waals surface area contributed by atoms with Crippen LogP contribution in [0, 0.1) is 0 Å². The fourth-order valence-corrected chi connectivity index (χ4v) is 4.88. The molecule has 5 aromatic carbocycles. The van der Waals surface area contributed by atoms with Crippen molar-refractivity contribution < 1.29 is 8.83 Å². The maximum atomic E-state index is 6.03. The Kier molecular flexibility index (Phi) is 5.37. The first-order valence-electron chi connectivity index (χ1n) is 12.8. The molecule has 2 heterocycles. The molecule has 182 valence electrons. The fraction of sp³-hybridized carbons (Fsp3) is 0.0588. The molecule has 0 N–H and O–H groups in total. The first-order valence-corrected chi connectivity index (χ1v) is 12.8. The summed E-state index contributed by atoms with van der Waals surface area (Å²) in [4.78, 5) is 9.38. The fourth-order valence-electron chi connectivity index (χ4n) is 4.88. The summed E-state index contributed by atoms with van der Waals surface area (Å²) in [6.45, 7) is 2.19. The first-order chi connectivity index (χ1) is 18.7. The van der Waals surface area contributed by atoms with Crippen LogP contribution in [0.15, 0.2) is 124 Å². The second kappa shape index (κ2) is 9.16. The predicted octanol–water partition coefficient (Wildman–Crippen LogP) is 9.20. The van der Waals surface area contributed by atoms with E-state index in [2.05, 4.69) is 71.5 Å². The van der Waals surface area contributed by atoms with Gasteiger partial charge >= 0.3 is 0 Å². The second-order valence-corrected chi connectivity index (χ2v) is 9.41. The minimum absolute atomic E-state index is 0.631. The number of aromatic nitrogens is 2. The molecular weight excluding hydrogens is 468 g/mol. The number of oxazole rings is 2. The lowest BCUT2D eigenvalue weighted by Crippen LogP contribution is -1.89. The number of rotatable bonds is 5. The second-order valence-electron chi connectivity index (χ2n) is 9.41. The molecule has 4 nitrogen and oxygen atoms in total. The van der Waals surface area contributed by atoms with Crippen LogP contribution >= 0.6 is 0 Å². The van der Waals surface area contributed by atoms with E-state index in [0.29, 0.717) is 11.8 Å². The molecule has 0 radical (unpaired) electrons. The molecule has 7 rings (SSSR count). The summed E-state index contributed by atoms with van der Waals surface area (Å²) < 4.78 is 12.1. The van der Waals surface area contributed by atoms with Gasteiger partial charge in [-0.2, -0.15) is 0 Å². The van der Waals surface area contributed by atoms with E-state index in [1.54, 1.807) is 0 Å². The summed E-state index contributed by atoms with van der Waals surface area (Å²) in [5.74, 6) is 1.26. The van der Waals surface area contributed by atoms with E-state index in [-0.39, 0.29) is 0 Å². The molecule has 0 fully saturated rings. The monoisotopic (exact) mass is 492 g/mol. The number of benzene rings is 5. The van der Waals surface area contributed by atoms with Gasteiger partial charge in [-0.1, -0.05) is 67.6 Å². The number of nitrogens with zero attached hydrogens (tertiary/aromatic N) is 2. The van der Waals surface area contributed by atoms with E-state index in [4.69, 9.17) is 8.83 Å². The lowest BCUT2D eigenvalue weighted by molar-refractivity contribution is 0.619. The van der Waals surface area contributed by atoms with Crippen molar-refractivity contribution in [1.82, 2.24) is 9.97 Å². The van der Waals surface area contributed by atoms with Gasteiger partial charge in [-0.15, -0.1) is 0 Å². The van der Waals surface area contributed by atoms with Gasteiger partial charge in [0.2, 0.25) is 11.8 Å². The van der Waals surface area contributed by atoms with Crippen LogP contribution in [-0.2, 0) is 6.42 Å². The maximum Gasteiger partial charge on any atom is 0.227 e. The average molecular weight is 493 g/mol. The largest absolute Gasteiger partial charge is 0.436 e. The van der Waals surface area contributed by atoms with Gasteiger partial charge in [-0.25, -0.2) is 9.97 Å². The van der Waals surface area contributed by atoms with Gasteiger partial charge in [0, 0.05) is 11.1 Å². The SMILES string of the molecule is CCc1cc(-c2cccc(-c3nc4ccccc4o3)c2)cc(-c2cccc(-c3nc4ccccc4o3)c2)c1. The molecule has 0 unspecified atom stereocenters. The molecule has 0 amide bonds. The number of fused-ring (bicyclic) bond motifs is 2. The molecule has 0 aliphatic heterocycles. The van der Waals surface area contributed by atoms with E-state index >= 15 is 0 Å². The van der Waals surface area contributed by atoms with Gasteiger partial charge in [0.25, 0.3) is 0 Å². The highest BCUT2D eigenvalue weighted by Gasteiger charge is 2.12. The van der Waals surface area contributed by atoms with E-state index in [1.807, 2.05) is 60.7 Å². The maximum absolute atomic E-state index is 6.03. The Bertz CT molecular complexity index is 1730. The van der Waals surface area contributed by atoms with Crippen LogP contribution in [0.3, 0.4) is 0 Å². The molecule has 0 spiro atoms. The van der Waals surface area contributed by atoms with Gasteiger partial charge in [-0.3, -0.25) is 0 Å². The highest BCUT2D eigenvalue weighted by atomic mass is 16.4. The lowest BCUT2D eigenvalue weighted by Gasteiger charge is -2.11. The standard InChI is InChI=1S/C34H24N2O2/c1-2-22-17-27(23-9-7-11-25(19-23)33-35-29-13-3-5-15-31(29)37-33)21-28(18-22)24-10-8-12-26(20-24)34-36-30-14-4-6-16-32(30)38-34/h3-21H,2H2,1H3. The Labute approximate surface area is 220 Å². The van der Waals surface area contributed by atoms with Gasteiger partial charge in [0.15, 0.2) is 11.2 Å². The summed E-state index contributed by atoms with van der Waals surface area (Å²) in [5, 5.41) is 0. The van der Waals surface area contributed by atoms with Gasteiger partial charge in [0.05, 0.1) is 0 Å². The van der Waals surface area contributed by atoms with Crippen molar-refractivity contribution in [1.29, 1.82) is 0 Å². The molecule has 0 aliphatic carbocycles. The Morgan fingerprint density at radius 2 is 0.921 bits per heavy atom. The first kappa shape index (κ1) is 22.3. The van der Waals surface area contributed by atoms with Crippen molar-refractivity contribution in [2.45, 2.75) is 13.3 Å². The predicted molar refractivity (Wildman–Crippen MR) is 153 cm³/mol. The van der Waals surface area contributed by atoms with Crippen molar-refractivity contribution >= 4 is 22.2 Å². The summed E-state index contributed by atoms with van der Waals surface area (Å²) in [6.07, 6.45) is 0.941. The Morgan fingerprint density at radius 1 is 0.474 bits per heavy atom. The quantitative estimate of drug-likeness (QED) is 0.240. The smallest absolute Gasteiger partial charge is 0.227 e. The molecule has 0 saturated heterocycles. The van der Waals surface area contributed by atoms with E-state index in [0.717, 1.165) is 62.0 Å². The molecule has 0 bridgehead atoms. The molecule has 7 aromatic rings. The minimum atomic E-state index is 0.631. The Morgan fingerprint density at radius 3 is 1.39 bits per heavy atom. The van der Waals surface area contributed by atoms with Crippen LogP contribution in [0.1, 0.15) is 12.5 Å². The molecule has 38 heavy (non-hydrogen) atoms. The van der Waals surface area contributed by atoms with Crippen LogP contribution in [0.4, 0.5) is 0 Å². The molecular formula is C34H24N2O2. The summed E-state index contributed by atoms with van der Waals surface area (Å²) >= 11 is 0. The summed E-state index contributed by atoms with van der Waals surface area (Å²) in [6, 6.07) is 39.3. The normalized spacial score (nSPS) is 11.4. The van der Waals surface area contributed by atoms with Crippen LogP contribution in [-0.4, -0.2) is 9.97 Å². The Hall–Kier alpha value is -4.96. The molecule has 4 heteroatoms. The average Bonchev–Trinajstić information content (AvgIpc) is 3.62. The summed E-state index contributed by atoms with van der Waals surface area (Å²) in [7, 11) is 0. The highest BCUT2D eigenvalue weighted by molar-refractivity contribution is 5.81. The molecule has 0 atom stereocenters. The zero-order valence-electron chi connectivity index (χ0n) is 20.9. The third-order valence-corrected chi connectivity index (χ3v) is 6.87. The van der Waals surface area contributed by atoms with Gasteiger partial charge in [0.1, 0.15) is 11.0 Å². The van der Waals surface area contributed by atoms with Crippen molar-refractivity contribution in [2.75, 3.05) is 0 Å². The third kappa shape index (κ3) is 4.06. The molecule has 0 aliphatic rings. The summed E-state index contributed by atoms with van der Waals surface area (Å²) in [5.41, 5.74) is 11.1. The molecule has 2 aromatic heterocycles. The van der Waals surface area contributed by atoms with Crippen molar-refractivity contribution in [3.8, 4) is 45.2 Å². The van der Waals surface area contributed by atoms with Crippen molar-refractivity contribution in [2.24, 2.45) is 0 Å². The van der Waals surface area contributed by atoms with Crippen LogP contribution in [0.25, 0.3) is 67.4 Å². The highest BCUT2D eigenvalue weighted by Crippen LogP contribution is 2.34. The lowest BCUT2D eigenvalue weighted by atomic mass is 9.94. The third-order valence-electron chi connectivity index (χ3n) is 6.87. The zero-order chi connectivity index (χ0) is 25.5. The number of hydrogen-bond acceptors (Lipinski definition) is 4. The number of aryl methyl sites for hydroxylation is 1. The minimum Gasteiger partial charge on any atom is -0.436 e. The zero-order valence-corrected chi connectivity index (χ0v) is 20.9.